The van der Waals surface area contributed by atoms with Gasteiger partial charge in [-0.25, -0.2) is 0 Å². The Morgan fingerprint density at radius 2 is 1.22 bits per heavy atom. The Morgan fingerprint density at radius 1 is 0.739 bits per heavy atom. The first-order valence-electron chi connectivity index (χ1n) is 7.54. The van der Waals surface area contributed by atoms with Crippen molar-refractivity contribution in [2.24, 2.45) is 0 Å². The van der Waals surface area contributed by atoms with Crippen molar-refractivity contribution in [2.45, 2.75) is 24.9 Å². The molecule has 0 bridgehead atoms. The molecule has 0 aromatic heterocycles. The SMILES string of the molecule is O=C1N[C@H](Cc2ccc(O)cc2)C(=O)N[C@@H]1Cc1ccccc1. The Hall–Kier alpha value is -2.82. The van der Waals surface area contributed by atoms with Crippen LogP contribution in [-0.2, 0) is 22.4 Å². The summed E-state index contributed by atoms with van der Waals surface area (Å²) < 4.78 is 0. The van der Waals surface area contributed by atoms with Crippen LogP contribution in [0, 0.1) is 0 Å². The van der Waals surface area contributed by atoms with Gasteiger partial charge in [0.2, 0.25) is 11.8 Å². The molecule has 1 aliphatic rings. The molecule has 23 heavy (non-hydrogen) atoms. The van der Waals surface area contributed by atoms with Crippen LogP contribution in [-0.4, -0.2) is 29.0 Å². The third-order valence-electron chi connectivity index (χ3n) is 3.92. The zero-order chi connectivity index (χ0) is 16.2. The van der Waals surface area contributed by atoms with Crippen molar-refractivity contribution in [3.05, 3.63) is 65.7 Å². The number of carbonyl (C=O) groups excluding carboxylic acids is 2. The molecule has 0 radical (unpaired) electrons. The predicted molar refractivity (Wildman–Crippen MR) is 85.8 cm³/mol. The number of rotatable bonds is 4. The minimum atomic E-state index is -0.584. The molecule has 2 atom stereocenters. The largest absolute Gasteiger partial charge is 0.508 e. The molecule has 0 aliphatic carbocycles. The lowest BCUT2D eigenvalue weighted by molar-refractivity contribution is -0.136. The highest BCUT2D eigenvalue weighted by molar-refractivity contribution is 5.97. The van der Waals surface area contributed by atoms with E-state index in [4.69, 9.17) is 0 Å². The van der Waals surface area contributed by atoms with Gasteiger partial charge in [-0.05, 0) is 23.3 Å². The molecule has 2 aromatic rings. The molecule has 2 amide bonds. The molecule has 1 heterocycles. The van der Waals surface area contributed by atoms with Crippen molar-refractivity contribution in [3.63, 3.8) is 0 Å². The monoisotopic (exact) mass is 310 g/mol. The lowest BCUT2D eigenvalue weighted by atomic mass is 9.98. The number of benzene rings is 2. The molecule has 118 valence electrons. The van der Waals surface area contributed by atoms with Gasteiger partial charge >= 0.3 is 0 Å². The highest BCUT2D eigenvalue weighted by Crippen LogP contribution is 2.13. The van der Waals surface area contributed by atoms with Crippen LogP contribution in [0.5, 0.6) is 5.75 Å². The van der Waals surface area contributed by atoms with Crippen LogP contribution >= 0.6 is 0 Å². The van der Waals surface area contributed by atoms with Gasteiger partial charge in [-0.1, -0.05) is 42.5 Å². The van der Waals surface area contributed by atoms with E-state index >= 15 is 0 Å². The lowest BCUT2D eigenvalue weighted by Gasteiger charge is -2.29. The molecule has 3 N–H and O–H groups in total. The second-order valence-corrected chi connectivity index (χ2v) is 5.68. The Morgan fingerprint density at radius 3 is 1.74 bits per heavy atom. The first-order chi connectivity index (χ1) is 11.1. The summed E-state index contributed by atoms with van der Waals surface area (Å²) in [6.07, 6.45) is 0.875. The van der Waals surface area contributed by atoms with Crippen molar-refractivity contribution >= 4 is 11.8 Å². The summed E-state index contributed by atoms with van der Waals surface area (Å²) in [4.78, 5) is 24.5. The number of aromatic hydroxyl groups is 1. The van der Waals surface area contributed by atoms with E-state index in [9.17, 15) is 14.7 Å². The standard InChI is InChI=1S/C18H18N2O3/c21-14-8-6-13(7-9-14)11-16-18(23)19-15(17(22)20-16)10-12-4-2-1-3-5-12/h1-9,15-16,21H,10-11H2,(H,19,23)(H,20,22)/t15-,16-/m1/s1. The Bertz CT molecular complexity index is 698. The Kier molecular flexibility index (Phi) is 4.28. The van der Waals surface area contributed by atoms with E-state index in [1.54, 1.807) is 24.3 Å². The van der Waals surface area contributed by atoms with Crippen LogP contribution in [0.2, 0.25) is 0 Å². The lowest BCUT2D eigenvalue weighted by Crippen LogP contribution is -2.62. The summed E-state index contributed by atoms with van der Waals surface area (Å²) in [5.74, 6) is -0.176. The summed E-state index contributed by atoms with van der Waals surface area (Å²) in [6, 6.07) is 15.1. The average Bonchev–Trinajstić information content (AvgIpc) is 2.55. The predicted octanol–water partition coefficient (Wildman–Crippen LogP) is 1.16. The summed E-state index contributed by atoms with van der Waals surface area (Å²) in [5.41, 5.74) is 1.88. The van der Waals surface area contributed by atoms with Crippen molar-refractivity contribution in [1.82, 2.24) is 10.6 Å². The summed E-state index contributed by atoms with van der Waals surface area (Å²) >= 11 is 0. The van der Waals surface area contributed by atoms with Gasteiger partial charge < -0.3 is 15.7 Å². The van der Waals surface area contributed by atoms with E-state index in [0.29, 0.717) is 12.8 Å². The summed E-state index contributed by atoms with van der Waals surface area (Å²) in [6.45, 7) is 0. The molecule has 0 saturated carbocycles. The molecule has 5 nitrogen and oxygen atoms in total. The highest BCUT2D eigenvalue weighted by atomic mass is 16.3. The first-order valence-corrected chi connectivity index (χ1v) is 7.54. The quantitative estimate of drug-likeness (QED) is 0.793. The second kappa shape index (κ2) is 6.52. The molecule has 0 unspecified atom stereocenters. The van der Waals surface area contributed by atoms with E-state index in [0.717, 1.165) is 11.1 Å². The van der Waals surface area contributed by atoms with Crippen molar-refractivity contribution < 1.29 is 14.7 Å². The van der Waals surface area contributed by atoms with Crippen LogP contribution in [0.1, 0.15) is 11.1 Å². The van der Waals surface area contributed by atoms with Gasteiger partial charge in [0.15, 0.2) is 0 Å². The van der Waals surface area contributed by atoms with Crippen LogP contribution < -0.4 is 10.6 Å². The van der Waals surface area contributed by atoms with Gasteiger partial charge in [-0.15, -0.1) is 0 Å². The van der Waals surface area contributed by atoms with Gasteiger partial charge in [0.25, 0.3) is 0 Å². The van der Waals surface area contributed by atoms with E-state index in [1.165, 1.54) is 0 Å². The van der Waals surface area contributed by atoms with Gasteiger partial charge in [0.05, 0.1) is 0 Å². The van der Waals surface area contributed by atoms with E-state index < -0.39 is 12.1 Å². The molecule has 3 rings (SSSR count). The molecule has 5 heteroatoms. The van der Waals surface area contributed by atoms with Crippen molar-refractivity contribution in [1.29, 1.82) is 0 Å². The normalized spacial score (nSPS) is 20.7. The summed E-state index contributed by atoms with van der Waals surface area (Å²) in [5, 5.41) is 14.9. The number of phenolic OH excluding ortho intramolecular Hbond substituents is 1. The molecule has 2 aromatic carbocycles. The zero-order valence-electron chi connectivity index (χ0n) is 12.5. The maximum atomic E-state index is 12.2. The molecule has 0 spiro atoms. The Balaban J connectivity index is 1.64. The number of hydrogen-bond donors (Lipinski definition) is 3. The fraction of sp³-hybridized carbons (Fsp3) is 0.222. The second-order valence-electron chi connectivity index (χ2n) is 5.68. The van der Waals surface area contributed by atoms with E-state index in [1.807, 2.05) is 30.3 Å². The number of nitrogens with one attached hydrogen (secondary N) is 2. The van der Waals surface area contributed by atoms with E-state index in [-0.39, 0.29) is 17.6 Å². The summed E-state index contributed by atoms with van der Waals surface area (Å²) in [7, 11) is 0. The average molecular weight is 310 g/mol. The number of amides is 2. The number of piperazine rings is 1. The Labute approximate surface area is 134 Å². The molecular formula is C18H18N2O3. The van der Waals surface area contributed by atoms with Gasteiger partial charge in [0.1, 0.15) is 17.8 Å². The minimum Gasteiger partial charge on any atom is -0.508 e. The van der Waals surface area contributed by atoms with Gasteiger partial charge in [0, 0.05) is 12.8 Å². The van der Waals surface area contributed by atoms with E-state index in [2.05, 4.69) is 10.6 Å². The van der Waals surface area contributed by atoms with Crippen LogP contribution in [0.4, 0.5) is 0 Å². The van der Waals surface area contributed by atoms with Crippen LogP contribution in [0.25, 0.3) is 0 Å². The van der Waals surface area contributed by atoms with Gasteiger partial charge in [-0.2, -0.15) is 0 Å². The highest BCUT2D eigenvalue weighted by Gasteiger charge is 2.33. The molecule has 1 aliphatic heterocycles. The maximum Gasteiger partial charge on any atom is 0.243 e. The number of carbonyl (C=O) groups is 2. The number of hydrogen-bond acceptors (Lipinski definition) is 3. The third-order valence-corrected chi connectivity index (χ3v) is 3.92. The van der Waals surface area contributed by atoms with Crippen molar-refractivity contribution in [3.8, 4) is 5.75 Å². The maximum absolute atomic E-state index is 12.2. The van der Waals surface area contributed by atoms with Crippen molar-refractivity contribution in [2.75, 3.05) is 0 Å². The topological polar surface area (TPSA) is 78.4 Å². The molecular weight excluding hydrogens is 292 g/mol. The minimum absolute atomic E-state index is 0.169. The smallest absolute Gasteiger partial charge is 0.243 e. The molecule has 1 fully saturated rings. The molecule has 1 saturated heterocycles. The van der Waals surface area contributed by atoms with Crippen LogP contribution in [0.15, 0.2) is 54.6 Å². The van der Waals surface area contributed by atoms with Gasteiger partial charge in [-0.3, -0.25) is 9.59 Å². The fourth-order valence-corrected chi connectivity index (χ4v) is 2.68. The zero-order valence-corrected chi connectivity index (χ0v) is 12.5. The first kappa shape index (κ1) is 15.1. The third kappa shape index (κ3) is 3.69. The fourth-order valence-electron chi connectivity index (χ4n) is 2.68. The number of phenols is 1. The van der Waals surface area contributed by atoms with Crippen LogP contribution in [0.3, 0.4) is 0 Å².